The number of hydrogen-bond acceptors (Lipinski definition) is 3. The van der Waals surface area contributed by atoms with Gasteiger partial charge < -0.3 is 10.6 Å². The zero-order chi connectivity index (χ0) is 17.2. The molecule has 1 atom stereocenters. The van der Waals surface area contributed by atoms with E-state index in [9.17, 15) is 4.79 Å². The number of aromatic nitrogens is 2. The summed E-state index contributed by atoms with van der Waals surface area (Å²) in [5, 5.41) is 13.6. The summed E-state index contributed by atoms with van der Waals surface area (Å²) in [7, 11) is 0. The molecule has 1 saturated heterocycles. The molecule has 2 fully saturated rings. The van der Waals surface area contributed by atoms with Gasteiger partial charge in [0.2, 0.25) is 5.91 Å². The monoisotopic (exact) mass is 338 g/mol. The summed E-state index contributed by atoms with van der Waals surface area (Å²) in [4.78, 5) is 12.6. The first-order valence-corrected chi connectivity index (χ1v) is 9.37. The van der Waals surface area contributed by atoms with Crippen LogP contribution >= 0.6 is 0 Å². The smallest absolute Gasteiger partial charge is 0.232 e. The lowest BCUT2D eigenvalue weighted by Crippen LogP contribution is -2.26. The SMILES string of the molecule is CC(C(=O)Nc1cc(C2CC2)[nH]n1)c1cccc(C2CCNCC2)c1. The number of amides is 1. The van der Waals surface area contributed by atoms with Crippen LogP contribution in [0.15, 0.2) is 30.3 Å². The molecular weight excluding hydrogens is 312 g/mol. The molecule has 0 spiro atoms. The highest BCUT2D eigenvalue weighted by molar-refractivity contribution is 5.94. The van der Waals surface area contributed by atoms with E-state index in [2.05, 4.69) is 45.1 Å². The average Bonchev–Trinajstić information content (AvgIpc) is 3.41. The van der Waals surface area contributed by atoms with Gasteiger partial charge in [-0.05, 0) is 62.7 Å². The number of rotatable bonds is 5. The number of piperidine rings is 1. The van der Waals surface area contributed by atoms with Gasteiger partial charge in [-0.15, -0.1) is 0 Å². The van der Waals surface area contributed by atoms with Crippen molar-refractivity contribution in [2.24, 2.45) is 0 Å². The summed E-state index contributed by atoms with van der Waals surface area (Å²) in [6.45, 7) is 4.12. The second-order valence-corrected chi connectivity index (χ2v) is 7.39. The lowest BCUT2D eigenvalue weighted by molar-refractivity contribution is -0.117. The predicted molar refractivity (Wildman–Crippen MR) is 98.9 cm³/mol. The summed E-state index contributed by atoms with van der Waals surface area (Å²) >= 11 is 0. The van der Waals surface area contributed by atoms with Gasteiger partial charge in [-0.1, -0.05) is 24.3 Å². The van der Waals surface area contributed by atoms with Crippen molar-refractivity contribution in [2.45, 2.75) is 50.4 Å². The number of carbonyl (C=O) groups is 1. The van der Waals surface area contributed by atoms with Crippen molar-refractivity contribution >= 4 is 11.7 Å². The molecule has 1 aliphatic carbocycles. The lowest BCUT2D eigenvalue weighted by Gasteiger charge is -2.24. The molecular formula is C20H26N4O. The fourth-order valence-electron chi connectivity index (χ4n) is 3.63. The van der Waals surface area contributed by atoms with Crippen molar-refractivity contribution in [3.8, 4) is 0 Å². The van der Waals surface area contributed by atoms with E-state index in [0.717, 1.165) is 24.3 Å². The summed E-state index contributed by atoms with van der Waals surface area (Å²) in [6.07, 6.45) is 4.77. The van der Waals surface area contributed by atoms with Crippen LogP contribution in [0.3, 0.4) is 0 Å². The predicted octanol–water partition coefficient (Wildman–Crippen LogP) is 3.50. The molecule has 0 radical (unpaired) electrons. The molecule has 2 aromatic rings. The van der Waals surface area contributed by atoms with Crippen LogP contribution in [-0.2, 0) is 4.79 Å². The van der Waals surface area contributed by atoms with Crippen molar-refractivity contribution in [2.75, 3.05) is 18.4 Å². The van der Waals surface area contributed by atoms with Crippen LogP contribution in [0.2, 0.25) is 0 Å². The maximum absolute atomic E-state index is 12.6. The number of nitrogens with zero attached hydrogens (tertiary/aromatic N) is 1. The Morgan fingerprint density at radius 3 is 2.72 bits per heavy atom. The molecule has 2 aliphatic rings. The molecule has 1 aliphatic heterocycles. The van der Waals surface area contributed by atoms with Gasteiger partial charge in [0.1, 0.15) is 0 Å². The minimum atomic E-state index is -0.192. The van der Waals surface area contributed by atoms with Gasteiger partial charge in [-0.2, -0.15) is 5.10 Å². The molecule has 132 valence electrons. The zero-order valence-corrected chi connectivity index (χ0v) is 14.7. The van der Waals surface area contributed by atoms with Crippen LogP contribution in [0.4, 0.5) is 5.82 Å². The van der Waals surface area contributed by atoms with E-state index < -0.39 is 0 Å². The van der Waals surface area contributed by atoms with Gasteiger partial charge in [-0.25, -0.2) is 0 Å². The number of hydrogen-bond donors (Lipinski definition) is 3. The minimum absolute atomic E-state index is 0.00342. The fourth-order valence-corrected chi connectivity index (χ4v) is 3.63. The number of nitrogens with one attached hydrogen (secondary N) is 3. The number of benzene rings is 1. The average molecular weight is 338 g/mol. The second kappa shape index (κ2) is 7.00. The Kier molecular flexibility index (Phi) is 4.57. The highest BCUT2D eigenvalue weighted by atomic mass is 16.1. The number of anilines is 1. The lowest BCUT2D eigenvalue weighted by atomic mass is 9.87. The Hall–Kier alpha value is -2.14. The van der Waals surface area contributed by atoms with E-state index >= 15 is 0 Å². The molecule has 1 saturated carbocycles. The Bertz CT molecular complexity index is 744. The molecule has 5 heteroatoms. The van der Waals surface area contributed by atoms with Crippen molar-refractivity contribution in [3.05, 3.63) is 47.2 Å². The van der Waals surface area contributed by atoms with E-state index in [0.29, 0.717) is 17.7 Å². The maximum atomic E-state index is 12.6. The van der Waals surface area contributed by atoms with E-state index in [1.807, 2.05) is 13.0 Å². The first-order chi connectivity index (χ1) is 12.2. The van der Waals surface area contributed by atoms with Crippen molar-refractivity contribution in [3.63, 3.8) is 0 Å². The summed E-state index contributed by atoms with van der Waals surface area (Å²) in [5.41, 5.74) is 3.57. The molecule has 1 amide bonds. The van der Waals surface area contributed by atoms with E-state index in [-0.39, 0.29) is 11.8 Å². The molecule has 1 aromatic carbocycles. The normalized spacial score (nSPS) is 19.6. The first kappa shape index (κ1) is 16.3. The largest absolute Gasteiger partial charge is 0.317 e. The van der Waals surface area contributed by atoms with Crippen LogP contribution < -0.4 is 10.6 Å². The minimum Gasteiger partial charge on any atom is -0.317 e. The third kappa shape index (κ3) is 3.76. The topological polar surface area (TPSA) is 69.8 Å². The third-order valence-electron chi connectivity index (χ3n) is 5.48. The quantitative estimate of drug-likeness (QED) is 0.781. The molecule has 5 nitrogen and oxygen atoms in total. The number of aromatic amines is 1. The molecule has 25 heavy (non-hydrogen) atoms. The molecule has 4 rings (SSSR count). The highest BCUT2D eigenvalue weighted by Crippen LogP contribution is 2.39. The van der Waals surface area contributed by atoms with Crippen molar-refractivity contribution in [1.29, 1.82) is 0 Å². The van der Waals surface area contributed by atoms with Gasteiger partial charge in [0.25, 0.3) is 0 Å². The Morgan fingerprint density at radius 2 is 1.96 bits per heavy atom. The van der Waals surface area contributed by atoms with Crippen LogP contribution in [0.5, 0.6) is 0 Å². The molecule has 3 N–H and O–H groups in total. The molecule has 1 unspecified atom stereocenters. The van der Waals surface area contributed by atoms with Crippen LogP contribution in [0.1, 0.15) is 67.2 Å². The molecule has 2 heterocycles. The van der Waals surface area contributed by atoms with Crippen LogP contribution in [0, 0.1) is 0 Å². The summed E-state index contributed by atoms with van der Waals surface area (Å²) in [5.74, 6) is 1.65. The Morgan fingerprint density at radius 1 is 1.16 bits per heavy atom. The van der Waals surface area contributed by atoms with Crippen molar-refractivity contribution < 1.29 is 4.79 Å². The summed E-state index contributed by atoms with van der Waals surface area (Å²) in [6, 6.07) is 10.5. The zero-order valence-electron chi connectivity index (χ0n) is 14.7. The van der Waals surface area contributed by atoms with Crippen LogP contribution in [0.25, 0.3) is 0 Å². The first-order valence-electron chi connectivity index (χ1n) is 9.37. The van der Waals surface area contributed by atoms with E-state index in [1.165, 1.54) is 31.2 Å². The van der Waals surface area contributed by atoms with Gasteiger partial charge in [0, 0.05) is 17.7 Å². The van der Waals surface area contributed by atoms with Crippen molar-refractivity contribution in [1.82, 2.24) is 15.5 Å². The van der Waals surface area contributed by atoms with Gasteiger partial charge in [-0.3, -0.25) is 9.89 Å². The van der Waals surface area contributed by atoms with E-state index in [1.54, 1.807) is 0 Å². The number of carbonyl (C=O) groups excluding carboxylic acids is 1. The fraction of sp³-hybridized carbons (Fsp3) is 0.500. The number of H-pyrrole nitrogens is 1. The standard InChI is InChI=1S/C20H26N4O/c1-13(20(25)22-19-12-18(23-24-19)15-5-6-15)16-3-2-4-17(11-16)14-7-9-21-10-8-14/h2-4,11-15,21H,5-10H2,1H3,(H2,22,23,24,25). The Balaban J connectivity index is 1.43. The van der Waals surface area contributed by atoms with Gasteiger partial charge in [0.05, 0.1) is 5.92 Å². The second-order valence-electron chi connectivity index (χ2n) is 7.39. The maximum Gasteiger partial charge on any atom is 0.232 e. The summed E-state index contributed by atoms with van der Waals surface area (Å²) < 4.78 is 0. The van der Waals surface area contributed by atoms with E-state index in [4.69, 9.17) is 0 Å². The Labute approximate surface area is 148 Å². The third-order valence-corrected chi connectivity index (χ3v) is 5.48. The van der Waals surface area contributed by atoms with Crippen LogP contribution in [-0.4, -0.2) is 29.2 Å². The molecule has 0 bridgehead atoms. The highest BCUT2D eigenvalue weighted by Gasteiger charge is 2.26. The molecule has 1 aromatic heterocycles. The van der Waals surface area contributed by atoms with Gasteiger partial charge >= 0.3 is 0 Å². The van der Waals surface area contributed by atoms with Gasteiger partial charge in [0.15, 0.2) is 5.82 Å².